The van der Waals surface area contributed by atoms with E-state index in [0.717, 1.165) is 39.7 Å². The molecule has 58 heavy (non-hydrogen) atoms. The lowest BCUT2D eigenvalue weighted by Gasteiger charge is -2.39. The molecule has 1 spiro atoms. The van der Waals surface area contributed by atoms with Crippen LogP contribution in [0.2, 0.25) is 0 Å². The van der Waals surface area contributed by atoms with Gasteiger partial charge in [0, 0.05) is 33.6 Å². The van der Waals surface area contributed by atoms with Crippen LogP contribution in [0.1, 0.15) is 47.2 Å². The Bertz CT molecular complexity index is 3080. The first-order valence-electron chi connectivity index (χ1n) is 20.3. The Hall–Kier alpha value is -7.16. The molecular weight excluding hydrogens is 703 g/mol. The summed E-state index contributed by atoms with van der Waals surface area (Å²) in [7, 11) is 0. The van der Waals surface area contributed by atoms with Crippen molar-refractivity contribution in [3.05, 3.63) is 234 Å². The summed E-state index contributed by atoms with van der Waals surface area (Å²) in [6, 6.07) is 73.7. The molecule has 274 valence electrons. The van der Waals surface area contributed by atoms with Gasteiger partial charge in [0.1, 0.15) is 11.5 Å². The van der Waals surface area contributed by atoms with Crippen LogP contribution in [0.4, 0.5) is 17.1 Å². The first-order chi connectivity index (χ1) is 28.5. The monoisotopic (exact) mass is 741 g/mol. The lowest BCUT2D eigenvalue weighted by atomic mass is 9.66. The lowest BCUT2D eigenvalue weighted by Crippen LogP contribution is -2.32. The van der Waals surface area contributed by atoms with E-state index < -0.39 is 5.41 Å². The van der Waals surface area contributed by atoms with Crippen molar-refractivity contribution in [2.45, 2.75) is 24.7 Å². The van der Waals surface area contributed by atoms with Crippen LogP contribution in [0.3, 0.4) is 0 Å². The fourth-order valence-electron chi connectivity index (χ4n) is 10.5. The Morgan fingerprint density at radius 1 is 0.379 bits per heavy atom. The van der Waals surface area contributed by atoms with E-state index in [-0.39, 0.29) is 5.41 Å². The van der Waals surface area contributed by atoms with Gasteiger partial charge in [-0.25, -0.2) is 0 Å². The van der Waals surface area contributed by atoms with Gasteiger partial charge in [0.25, 0.3) is 0 Å². The van der Waals surface area contributed by atoms with Crippen molar-refractivity contribution in [2.24, 2.45) is 0 Å². The first-order valence-corrected chi connectivity index (χ1v) is 20.3. The molecule has 0 unspecified atom stereocenters. The topological polar surface area (TPSA) is 12.5 Å². The van der Waals surface area contributed by atoms with Gasteiger partial charge in [0.05, 0.1) is 5.41 Å². The average Bonchev–Trinajstić information content (AvgIpc) is 3.69. The van der Waals surface area contributed by atoms with Gasteiger partial charge < -0.3 is 9.64 Å². The maximum absolute atomic E-state index is 6.72. The standard InChI is InChI=1S/C56H39NO/c1-55(2)46-19-9-8-18-43(46)45-34-40(30-33-47(45)55)57(39-27-24-37(25-28-39)36-14-4-3-5-15-36)41-29-31-44-51(35-41)56(50-32-26-38-16-6-7-17-42(38)54(44)50)48-20-10-12-22-52(48)58-53-23-13-11-21-49(53)56/h3-35H,1-2H3. The van der Waals surface area contributed by atoms with Crippen molar-refractivity contribution in [3.8, 4) is 44.9 Å². The third kappa shape index (κ3) is 4.49. The van der Waals surface area contributed by atoms with Crippen LogP contribution in [0.25, 0.3) is 44.2 Å². The summed E-state index contributed by atoms with van der Waals surface area (Å²) in [5.74, 6) is 1.79. The summed E-state index contributed by atoms with van der Waals surface area (Å²) >= 11 is 0. The maximum atomic E-state index is 6.72. The van der Waals surface area contributed by atoms with E-state index in [1.54, 1.807) is 0 Å². The Labute approximate surface area is 339 Å². The average molecular weight is 742 g/mol. The van der Waals surface area contributed by atoms with E-state index in [1.807, 2.05) is 0 Å². The van der Waals surface area contributed by atoms with Crippen molar-refractivity contribution in [2.75, 3.05) is 4.90 Å². The van der Waals surface area contributed by atoms with Gasteiger partial charge in [-0.1, -0.05) is 166 Å². The van der Waals surface area contributed by atoms with Crippen molar-refractivity contribution >= 4 is 27.8 Å². The first kappa shape index (κ1) is 33.0. The number of benzene rings is 9. The summed E-state index contributed by atoms with van der Waals surface area (Å²) < 4.78 is 6.72. The Morgan fingerprint density at radius 2 is 0.948 bits per heavy atom. The molecule has 0 amide bonds. The van der Waals surface area contributed by atoms with Crippen molar-refractivity contribution in [3.63, 3.8) is 0 Å². The zero-order chi connectivity index (χ0) is 38.6. The summed E-state index contributed by atoms with van der Waals surface area (Å²) in [4.78, 5) is 2.45. The minimum Gasteiger partial charge on any atom is -0.457 e. The molecule has 9 aromatic carbocycles. The second-order valence-corrected chi connectivity index (χ2v) is 16.4. The van der Waals surface area contributed by atoms with Crippen LogP contribution in [0, 0.1) is 0 Å². The van der Waals surface area contributed by atoms with Crippen LogP contribution < -0.4 is 9.64 Å². The van der Waals surface area contributed by atoms with Crippen LogP contribution in [0.15, 0.2) is 200 Å². The molecule has 9 aromatic rings. The molecule has 0 aromatic heterocycles. The summed E-state index contributed by atoms with van der Waals surface area (Å²) in [6.07, 6.45) is 0. The number of para-hydroxylation sites is 2. The highest BCUT2D eigenvalue weighted by Gasteiger charge is 2.51. The lowest BCUT2D eigenvalue weighted by molar-refractivity contribution is 0.436. The van der Waals surface area contributed by atoms with E-state index in [2.05, 4.69) is 219 Å². The highest BCUT2D eigenvalue weighted by molar-refractivity contribution is 6.05. The zero-order valence-corrected chi connectivity index (χ0v) is 32.4. The van der Waals surface area contributed by atoms with Crippen LogP contribution >= 0.6 is 0 Å². The smallest absolute Gasteiger partial charge is 0.132 e. The van der Waals surface area contributed by atoms with E-state index in [0.29, 0.717) is 0 Å². The highest BCUT2D eigenvalue weighted by Crippen LogP contribution is 2.64. The number of hydrogen-bond acceptors (Lipinski definition) is 2. The van der Waals surface area contributed by atoms with E-state index in [4.69, 9.17) is 4.74 Å². The molecule has 0 saturated heterocycles. The number of nitrogens with zero attached hydrogens (tertiary/aromatic N) is 1. The number of rotatable bonds is 4. The fourth-order valence-corrected chi connectivity index (χ4v) is 10.5. The second-order valence-electron chi connectivity index (χ2n) is 16.4. The molecule has 0 radical (unpaired) electrons. The molecule has 1 aliphatic heterocycles. The van der Waals surface area contributed by atoms with Crippen LogP contribution in [0.5, 0.6) is 11.5 Å². The van der Waals surface area contributed by atoms with Gasteiger partial charge >= 0.3 is 0 Å². The molecule has 0 bridgehead atoms. The van der Waals surface area contributed by atoms with Crippen molar-refractivity contribution < 1.29 is 4.74 Å². The SMILES string of the molecule is CC1(C)c2ccccc2-c2cc(N(c3ccc(-c4ccccc4)cc3)c3ccc4c(c3)C3(c5ccccc5Oc5ccccc53)c3ccc5ccccc5c3-4)ccc21. The summed E-state index contributed by atoms with van der Waals surface area (Å²) in [6.45, 7) is 4.70. The van der Waals surface area contributed by atoms with E-state index in [9.17, 15) is 0 Å². The van der Waals surface area contributed by atoms with Gasteiger partial charge in [-0.15, -0.1) is 0 Å². The third-order valence-corrected chi connectivity index (χ3v) is 13.1. The number of ether oxygens (including phenoxy) is 1. The van der Waals surface area contributed by atoms with Gasteiger partial charge in [-0.2, -0.15) is 0 Å². The number of fused-ring (bicyclic) bond motifs is 14. The molecule has 3 aliphatic rings. The minimum absolute atomic E-state index is 0.0784. The Kier molecular flexibility index (Phi) is 6.93. The molecule has 0 atom stereocenters. The van der Waals surface area contributed by atoms with E-state index in [1.165, 1.54) is 66.4 Å². The predicted molar refractivity (Wildman–Crippen MR) is 239 cm³/mol. The molecular formula is C56H39NO. The largest absolute Gasteiger partial charge is 0.457 e. The molecule has 12 rings (SSSR count). The minimum atomic E-state index is -0.597. The molecule has 2 nitrogen and oxygen atoms in total. The summed E-state index contributed by atoms with van der Waals surface area (Å²) in [5.41, 5.74) is 17.8. The molecule has 2 aliphatic carbocycles. The van der Waals surface area contributed by atoms with Crippen LogP contribution in [-0.4, -0.2) is 0 Å². The zero-order valence-electron chi connectivity index (χ0n) is 32.4. The quantitative estimate of drug-likeness (QED) is 0.178. The predicted octanol–water partition coefficient (Wildman–Crippen LogP) is 14.8. The molecule has 0 fully saturated rings. The van der Waals surface area contributed by atoms with Crippen molar-refractivity contribution in [1.29, 1.82) is 0 Å². The van der Waals surface area contributed by atoms with Crippen LogP contribution in [-0.2, 0) is 10.8 Å². The van der Waals surface area contributed by atoms with Gasteiger partial charge in [0.15, 0.2) is 0 Å². The molecule has 0 saturated carbocycles. The molecule has 2 heteroatoms. The Morgan fingerprint density at radius 3 is 1.72 bits per heavy atom. The number of hydrogen-bond donors (Lipinski definition) is 0. The van der Waals surface area contributed by atoms with Gasteiger partial charge in [-0.05, 0) is 115 Å². The Balaban J connectivity index is 1.14. The highest BCUT2D eigenvalue weighted by atomic mass is 16.5. The van der Waals surface area contributed by atoms with Gasteiger partial charge in [0.2, 0.25) is 0 Å². The van der Waals surface area contributed by atoms with Gasteiger partial charge in [-0.3, -0.25) is 0 Å². The fraction of sp³-hybridized carbons (Fsp3) is 0.0714. The molecule has 1 heterocycles. The maximum Gasteiger partial charge on any atom is 0.132 e. The normalized spacial score (nSPS) is 14.4. The number of anilines is 3. The molecule has 0 N–H and O–H groups in total. The third-order valence-electron chi connectivity index (χ3n) is 13.1. The summed E-state index contributed by atoms with van der Waals surface area (Å²) in [5, 5.41) is 2.50. The van der Waals surface area contributed by atoms with E-state index >= 15 is 0 Å². The van der Waals surface area contributed by atoms with Crippen molar-refractivity contribution in [1.82, 2.24) is 0 Å². The second kappa shape index (κ2) is 12.2.